The number of benzene rings is 1. The number of likely N-dealkylation sites (tertiary alicyclic amines) is 1. The molecule has 3 rings (SSSR count). The highest BCUT2D eigenvalue weighted by molar-refractivity contribution is 6.30. The number of nitrogens with one attached hydrogen (secondary N) is 3. The number of urea groups is 1. The molecule has 1 aliphatic carbocycles. The summed E-state index contributed by atoms with van der Waals surface area (Å²) < 4.78 is 6.26. The van der Waals surface area contributed by atoms with Crippen LogP contribution in [0.5, 0.6) is 0 Å². The molecule has 3 atom stereocenters. The second-order valence-electron chi connectivity index (χ2n) is 10.1. The normalized spacial score (nSPS) is 20.8. The van der Waals surface area contributed by atoms with Crippen molar-refractivity contribution in [1.82, 2.24) is 20.9 Å². The van der Waals surface area contributed by atoms with E-state index in [0.717, 1.165) is 37.9 Å². The lowest BCUT2D eigenvalue weighted by atomic mass is 9.85. The minimum absolute atomic E-state index is 0.0148. The third-order valence-corrected chi connectivity index (χ3v) is 7.61. The molecule has 1 aliphatic heterocycles. The first-order valence-corrected chi connectivity index (χ1v) is 13.7. The third-order valence-electron chi connectivity index (χ3n) is 7.38. The molecule has 8 heteroatoms. The van der Waals surface area contributed by atoms with E-state index >= 15 is 0 Å². The summed E-state index contributed by atoms with van der Waals surface area (Å²) >= 11 is 6.28. The summed E-state index contributed by atoms with van der Waals surface area (Å²) in [5.41, 5.74) is 0.993. The number of hydrogen-bond donors (Lipinski definition) is 3. The molecular weight excluding hydrogens is 464 g/mol. The summed E-state index contributed by atoms with van der Waals surface area (Å²) in [4.78, 5) is 27.0. The quantitative estimate of drug-likeness (QED) is 0.412. The van der Waals surface area contributed by atoms with E-state index in [-0.39, 0.29) is 30.0 Å². The number of halogens is 1. The first-order valence-electron chi connectivity index (χ1n) is 13.3. The lowest BCUT2D eigenvalue weighted by molar-refractivity contribution is -0.122. The van der Waals surface area contributed by atoms with Crippen LogP contribution in [0.4, 0.5) is 4.79 Å². The number of ether oxygens (including phenoxy) is 1. The fourth-order valence-electron chi connectivity index (χ4n) is 5.56. The number of hydrogen-bond acceptors (Lipinski definition) is 4. The van der Waals surface area contributed by atoms with E-state index in [1.807, 2.05) is 36.2 Å². The molecule has 1 unspecified atom stereocenters. The number of piperidine rings is 1. The Morgan fingerprint density at radius 1 is 1.14 bits per heavy atom. The van der Waals surface area contributed by atoms with Gasteiger partial charge in [0.25, 0.3) is 0 Å². The van der Waals surface area contributed by atoms with Crippen LogP contribution in [0, 0.1) is 11.8 Å². The van der Waals surface area contributed by atoms with E-state index in [2.05, 4.69) is 16.0 Å². The predicted octanol–water partition coefficient (Wildman–Crippen LogP) is 4.51. The first kappa shape index (κ1) is 27.8. The summed E-state index contributed by atoms with van der Waals surface area (Å²) in [5, 5.41) is 9.87. The minimum Gasteiger partial charge on any atom is -0.373 e. The SMILES string of the molecule is CNC[C@H](CC1CCCCC1)NC(=O)N1CCC[C@@H](C(OCCC(=O)NC)c2cccc(Cl)c2)C1. The Kier molecular flexibility index (Phi) is 11.6. The van der Waals surface area contributed by atoms with E-state index in [1.165, 1.54) is 32.1 Å². The number of nitrogens with zero attached hydrogens (tertiary/aromatic N) is 1. The summed E-state index contributed by atoms with van der Waals surface area (Å²) in [7, 11) is 3.58. The molecule has 3 amide bonds. The van der Waals surface area contributed by atoms with Gasteiger partial charge in [0.1, 0.15) is 0 Å². The van der Waals surface area contributed by atoms with Crippen LogP contribution in [-0.4, -0.2) is 63.2 Å². The highest BCUT2D eigenvalue weighted by Gasteiger charge is 2.32. The zero-order valence-corrected chi connectivity index (χ0v) is 22.1. The molecule has 0 bridgehead atoms. The van der Waals surface area contributed by atoms with Crippen LogP contribution < -0.4 is 16.0 Å². The molecule has 0 aromatic heterocycles. The molecule has 2 fully saturated rings. The maximum atomic E-state index is 13.3. The van der Waals surface area contributed by atoms with Gasteiger partial charge in [-0.1, -0.05) is 55.8 Å². The van der Waals surface area contributed by atoms with Crippen molar-refractivity contribution in [2.24, 2.45) is 11.8 Å². The van der Waals surface area contributed by atoms with Gasteiger partial charge >= 0.3 is 6.03 Å². The van der Waals surface area contributed by atoms with Gasteiger partial charge in [0.2, 0.25) is 5.91 Å². The average Bonchev–Trinajstić information content (AvgIpc) is 2.87. The molecule has 35 heavy (non-hydrogen) atoms. The molecule has 1 aromatic rings. The lowest BCUT2D eigenvalue weighted by Crippen LogP contribution is -2.52. The molecule has 1 aromatic carbocycles. The van der Waals surface area contributed by atoms with E-state index < -0.39 is 0 Å². The Labute approximate surface area is 215 Å². The molecule has 0 radical (unpaired) electrons. The monoisotopic (exact) mass is 506 g/mol. The summed E-state index contributed by atoms with van der Waals surface area (Å²) in [5.74, 6) is 0.796. The van der Waals surface area contributed by atoms with Crippen molar-refractivity contribution in [1.29, 1.82) is 0 Å². The molecule has 1 saturated heterocycles. The van der Waals surface area contributed by atoms with Crippen LogP contribution >= 0.6 is 11.6 Å². The Bertz CT molecular complexity index is 802. The predicted molar refractivity (Wildman–Crippen MR) is 141 cm³/mol. The van der Waals surface area contributed by atoms with Crippen LogP contribution in [0.3, 0.4) is 0 Å². The molecule has 0 spiro atoms. The summed E-state index contributed by atoms with van der Waals surface area (Å²) in [6.07, 6.45) is 9.52. The van der Waals surface area contributed by atoms with E-state index in [4.69, 9.17) is 16.3 Å². The fourth-order valence-corrected chi connectivity index (χ4v) is 5.76. The molecular formula is C27H43ClN4O3. The molecule has 2 aliphatic rings. The largest absolute Gasteiger partial charge is 0.373 e. The summed E-state index contributed by atoms with van der Waals surface area (Å²) in [6.45, 7) is 2.48. The number of likely N-dealkylation sites (N-methyl/N-ethyl adjacent to an activating group) is 1. The van der Waals surface area contributed by atoms with Gasteiger partial charge in [-0.3, -0.25) is 4.79 Å². The van der Waals surface area contributed by atoms with Crippen LogP contribution in [-0.2, 0) is 9.53 Å². The zero-order valence-electron chi connectivity index (χ0n) is 21.4. The van der Waals surface area contributed by atoms with Gasteiger partial charge < -0.3 is 25.6 Å². The van der Waals surface area contributed by atoms with Gasteiger partial charge in [-0.25, -0.2) is 4.79 Å². The van der Waals surface area contributed by atoms with Gasteiger partial charge in [0, 0.05) is 50.1 Å². The number of amides is 3. The Balaban J connectivity index is 1.63. The highest BCUT2D eigenvalue weighted by Crippen LogP contribution is 2.34. The molecule has 1 saturated carbocycles. The maximum absolute atomic E-state index is 13.3. The van der Waals surface area contributed by atoms with Gasteiger partial charge in [-0.2, -0.15) is 0 Å². The molecule has 1 heterocycles. The first-order chi connectivity index (χ1) is 17.0. The standard InChI is InChI=1S/C27H43ClN4O3/c1-29-18-24(16-20-8-4-3-5-9-20)31-27(34)32-14-7-11-22(19-32)26(35-15-13-25(33)30-2)21-10-6-12-23(28)17-21/h6,10,12,17,20,22,24,26,29H,3-5,7-9,11,13-16,18-19H2,1-2H3,(H,30,33)(H,31,34)/t22-,24+,26?/m1/s1. The van der Waals surface area contributed by atoms with Crippen molar-refractivity contribution in [3.05, 3.63) is 34.9 Å². The van der Waals surface area contributed by atoms with Crippen molar-refractivity contribution in [3.8, 4) is 0 Å². The van der Waals surface area contributed by atoms with Crippen LogP contribution in [0.15, 0.2) is 24.3 Å². The summed E-state index contributed by atoms with van der Waals surface area (Å²) in [6, 6.07) is 7.88. The van der Waals surface area contributed by atoms with Crippen molar-refractivity contribution in [2.45, 2.75) is 69.9 Å². The van der Waals surface area contributed by atoms with Crippen LogP contribution in [0.1, 0.15) is 69.5 Å². The van der Waals surface area contributed by atoms with E-state index in [0.29, 0.717) is 30.5 Å². The molecule has 7 nitrogen and oxygen atoms in total. The van der Waals surface area contributed by atoms with Crippen molar-refractivity contribution in [3.63, 3.8) is 0 Å². The smallest absolute Gasteiger partial charge is 0.317 e. The van der Waals surface area contributed by atoms with E-state index in [9.17, 15) is 9.59 Å². The molecule has 3 N–H and O–H groups in total. The zero-order chi connectivity index (χ0) is 25.0. The Hall–Kier alpha value is -1.83. The third kappa shape index (κ3) is 8.96. The minimum atomic E-state index is -0.218. The lowest BCUT2D eigenvalue weighted by Gasteiger charge is -2.38. The fraction of sp³-hybridized carbons (Fsp3) is 0.704. The van der Waals surface area contributed by atoms with Gasteiger partial charge in [-0.05, 0) is 49.9 Å². The highest BCUT2D eigenvalue weighted by atomic mass is 35.5. The Morgan fingerprint density at radius 2 is 1.94 bits per heavy atom. The number of carbonyl (C=O) groups is 2. The van der Waals surface area contributed by atoms with Crippen molar-refractivity contribution in [2.75, 3.05) is 40.3 Å². The van der Waals surface area contributed by atoms with Crippen LogP contribution in [0.2, 0.25) is 5.02 Å². The van der Waals surface area contributed by atoms with Crippen LogP contribution in [0.25, 0.3) is 0 Å². The average molecular weight is 507 g/mol. The second-order valence-corrected chi connectivity index (χ2v) is 10.5. The molecule has 196 valence electrons. The van der Waals surface area contributed by atoms with Crippen molar-refractivity contribution < 1.29 is 14.3 Å². The topological polar surface area (TPSA) is 82.7 Å². The maximum Gasteiger partial charge on any atom is 0.317 e. The van der Waals surface area contributed by atoms with Gasteiger partial charge in [-0.15, -0.1) is 0 Å². The van der Waals surface area contributed by atoms with Crippen molar-refractivity contribution >= 4 is 23.5 Å². The number of rotatable bonds is 11. The Morgan fingerprint density at radius 3 is 2.66 bits per heavy atom. The van der Waals surface area contributed by atoms with E-state index in [1.54, 1.807) is 7.05 Å². The van der Waals surface area contributed by atoms with Gasteiger partial charge in [0.15, 0.2) is 0 Å². The second kappa shape index (κ2) is 14.7. The number of carbonyl (C=O) groups excluding carboxylic acids is 2. The van der Waals surface area contributed by atoms with Gasteiger partial charge in [0.05, 0.1) is 12.7 Å².